The lowest BCUT2D eigenvalue weighted by molar-refractivity contribution is 0.552. The average Bonchev–Trinajstić information content (AvgIpc) is 2.45. The Hall–Kier alpha value is -1.39. The number of halogens is 1. The van der Waals surface area contributed by atoms with Crippen molar-refractivity contribution < 1.29 is 4.39 Å². The van der Waals surface area contributed by atoms with Crippen LogP contribution in [0.2, 0.25) is 0 Å². The molecule has 0 saturated carbocycles. The van der Waals surface area contributed by atoms with Crippen LogP contribution in [0, 0.1) is 11.7 Å². The zero-order chi connectivity index (χ0) is 15.1. The van der Waals surface area contributed by atoms with Gasteiger partial charge in [0.25, 0.3) is 0 Å². The third-order valence-corrected chi connectivity index (χ3v) is 4.01. The fourth-order valence-corrected chi connectivity index (χ4v) is 2.85. The SMILES string of the molecule is CC(C)CNCc1cccc(SCc2cncc(F)c2)c1. The van der Waals surface area contributed by atoms with Crippen molar-refractivity contribution >= 4 is 11.8 Å². The summed E-state index contributed by atoms with van der Waals surface area (Å²) >= 11 is 1.70. The molecule has 0 fully saturated rings. The Balaban J connectivity index is 1.88. The number of nitrogens with zero attached hydrogens (tertiary/aromatic N) is 1. The van der Waals surface area contributed by atoms with Gasteiger partial charge in [-0.3, -0.25) is 4.98 Å². The number of pyridine rings is 1. The van der Waals surface area contributed by atoms with Crippen molar-refractivity contribution in [1.82, 2.24) is 10.3 Å². The number of aromatic nitrogens is 1. The van der Waals surface area contributed by atoms with Crippen LogP contribution in [0.3, 0.4) is 0 Å². The van der Waals surface area contributed by atoms with E-state index in [9.17, 15) is 4.39 Å². The molecule has 1 aromatic carbocycles. The smallest absolute Gasteiger partial charge is 0.141 e. The van der Waals surface area contributed by atoms with Gasteiger partial charge in [-0.1, -0.05) is 26.0 Å². The van der Waals surface area contributed by atoms with E-state index in [0.717, 1.165) is 24.4 Å². The van der Waals surface area contributed by atoms with Gasteiger partial charge in [0.2, 0.25) is 0 Å². The van der Waals surface area contributed by atoms with Crippen molar-refractivity contribution in [3.63, 3.8) is 0 Å². The number of hydrogen-bond acceptors (Lipinski definition) is 3. The molecule has 1 N–H and O–H groups in total. The summed E-state index contributed by atoms with van der Waals surface area (Å²) in [5, 5.41) is 3.44. The Morgan fingerprint density at radius 1 is 1.19 bits per heavy atom. The molecule has 0 spiro atoms. The molecule has 0 atom stereocenters. The Kier molecular flexibility index (Phi) is 6.21. The lowest BCUT2D eigenvalue weighted by Gasteiger charge is -2.09. The summed E-state index contributed by atoms with van der Waals surface area (Å²) in [7, 11) is 0. The van der Waals surface area contributed by atoms with E-state index >= 15 is 0 Å². The van der Waals surface area contributed by atoms with Gasteiger partial charge in [0.1, 0.15) is 5.82 Å². The molecule has 21 heavy (non-hydrogen) atoms. The van der Waals surface area contributed by atoms with Crippen molar-refractivity contribution in [1.29, 1.82) is 0 Å². The van der Waals surface area contributed by atoms with Crippen LogP contribution in [0.1, 0.15) is 25.0 Å². The lowest BCUT2D eigenvalue weighted by atomic mass is 10.2. The molecule has 2 nitrogen and oxygen atoms in total. The van der Waals surface area contributed by atoms with E-state index in [1.165, 1.54) is 22.7 Å². The van der Waals surface area contributed by atoms with E-state index in [-0.39, 0.29) is 5.82 Å². The summed E-state index contributed by atoms with van der Waals surface area (Å²) < 4.78 is 13.1. The third-order valence-electron chi connectivity index (χ3n) is 2.95. The summed E-state index contributed by atoms with van der Waals surface area (Å²) in [6, 6.07) is 10.0. The zero-order valence-electron chi connectivity index (χ0n) is 12.5. The second kappa shape index (κ2) is 8.15. The average molecular weight is 304 g/mol. The molecule has 0 unspecified atom stereocenters. The van der Waals surface area contributed by atoms with Crippen molar-refractivity contribution in [2.24, 2.45) is 5.92 Å². The van der Waals surface area contributed by atoms with Crippen LogP contribution in [0.4, 0.5) is 4.39 Å². The molecule has 0 aliphatic heterocycles. The van der Waals surface area contributed by atoms with Gasteiger partial charge in [-0.2, -0.15) is 0 Å². The van der Waals surface area contributed by atoms with Gasteiger partial charge in [0.05, 0.1) is 6.20 Å². The minimum absolute atomic E-state index is 0.278. The molecule has 4 heteroatoms. The number of benzene rings is 1. The third kappa shape index (κ3) is 5.86. The van der Waals surface area contributed by atoms with E-state index in [1.807, 2.05) is 0 Å². The highest BCUT2D eigenvalue weighted by Crippen LogP contribution is 2.23. The molecule has 2 aromatic rings. The Bertz CT molecular complexity index is 572. The van der Waals surface area contributed by atoms with Crippen LogP contribution in [0.25, 0.3) is 0 Å². The largest absolute Gasteiger partial charge is 0.312 e. The second-order valence-electron chi connectivity index (χ2n) is 5.47. The number of rotatable bonds is 7. The van der Waals surface area contributed by atoms with Crippen molar-refractivity contribution in [2.75, 3.05) is 6.54 Å². The minimum Gasteiger partial charge on any atom is -0.312 e. The summed E-state index contributed by atoms with van der Waals surface area (Å²) in [6.45, 7) is 6.30. The van der Waals surface area contributed by atoms with Crippen LogP contribution in [0.5, 0.6) is 0 Å². The molecule has 2 rings (SSSR count). The summed E-state index contributed by atoms with van der Waals surface area (Å²) in [5.41, 5.74) is 2.18. The van der Waals surface area contributed by atoms with Gasteiger partial charge in [-0.05, 0) is 41.8 Å². The number of nitrogens with one attached hydrogen (secondary N) is 1. The van der Waals surface area contributed by atoms with E-state index in [4.69, 9.17) is 0 Å². The van der Waals surface area contributed by atoms with Gasteiger partial charge in [-0.15, -0.1) is 11.8 Å². The van der Waals surface area contributed by atoms with Gasteiger partial charge in [-0.25, -0.2) is 4.39 Å². The Morgan fingerprint density at radius 3 is 2.81 bits per heavy atom. The molecule has 112 valence electrons. The fraction of sp³-hybridized carbons (Fsp3) is 0.353. The maximum Gasteiger partial charge on any atom is 0.141 e. The van der Waals surface area contributed by atoms with Crippen LogP contribution in [0.15, 0.2) is 47.6 Å². The van der Waals surface area contributed by atoms with Crippen LogP contribution in [-0.2, 0) is 12.3 Å². The van der Waals surface area contributed by atoms with Gasteiger partial charge in [0.15, 0.2) is 0 Å². The molecule has 0 aliphatic carbocycles. The zero-order valence-corrected chi connectivity index (χ0v) is 13.3. The van der Waals surface area contributed by atoms with E-state index in [0.29, 0.717) is 5.92 Å². The quantitative estimate of drug-likeness (QED) is 0.774. The predicted molar refractivity (Wildman–Crippen MR) is 86.7 cm³/mol. The first kappa shape index (κ1) is 16.0. The summed E-state index contributed by atoms with van der Waals surface area (Å²) in [4.78, 5) is 5.07. The van der Waals surface area contributed by atoms with E-state index in [1.54, 1.807) is 18.0 Å². The molecule has 1 heterocycles. The maximum atomic E-state index is 13.1. The minimum atomic E-state index is -0.278. The van der Waals surface area contributed by atoms with Crippen molar-refractivity contribution in [2.45, 2.75) is 31.0 Å². The van der Waals surface area contributed by atoms with Crippen molar-refractivity contribution in [3.05, 3.63) is 59.7 Å². The van der Waals surface area contributed by atoms with Crippen molar-refractivity contribution in [3.8, 4) is 0 Å². The first-order valence-corrected chi connectivity index (χ1v) is 8.14. The van der Waals surface area contributed by atoms with Gasteiger partial charge < -0.3 is 5.32 Å². The lowest BCUT2D eigenvalue weighted by Crippen LogP contribution is -2.18. The molecular formula is C17H21FN2S. The van der Waals surface area contributed by atoms with Gasteiger partial charge >= 0.3 is 0 Å². The standard InChI is InChI=1S/C17H21FN2S/c1-13(2)8-19-9-14-4-3-5-17(7-14)21-12-15-6-16(18)11-20-10-15/h3-7,10-11,13,19H,8-9,12H2,1-2H3. The highest BCUT2D eigenvalue weighted by Gasteiger charge is 2.01. The summed E-state index contributed by atoms with van der Waals surface area (Å²) in [5.74, 6) is 1.11. The van der Waals surface area contributed by atoms with E-state index in [2.05, 4.69) is 48.4 Å². The topological polar surface area (TPSA) is 24.9 Å². The highest BCUT2D eigenvalue weighted by atomic mass is 32.2. The number of hydrogen-bond donors (Lipinski definition) is 1. The fourth-order valence-electron chi connectivity index (χ4n) is 1.95. The maximum absolute atomic E-state index is 13.1. The van der Waals surface area contributed by atoms with E-state index < -0.39 is 0 Å². The molecule has 0 amide bonds. The second-order valence-corrected chi connectivity index (χ2v) is 6.52. The monoisotopic (exact) mass is 304 g/mol. The molecule has 0 aliphatic rings. The number of thioether (sulfide) groups is 1. The first-order valence-electron chi connectivity index (χ1n) is 7.15. The van der Waals surface area contributed by atoms with Crippen LogP contribution in [-0.4, -0.2) is 11.5 Å². The highest BCUT2D eigenvalue weighted by molar-refractivity contribution is 7.98. The first-order chi connectivity index (χ1) is 10.1. The summed E-state index contributed by atoms with van der Waals surface area (Å²) in [6.07, 6.45) is 2.94. The predicted octanol–water partition coefficient (Wildman–Crippen LogP) is 4.26. The van der Waals surface area contributed by atoms with Gasteiger partial charge in [0, 0.05) is 23.4 Å². The Labute approximate surface area is 130 Å². The molecule has 0 radical (unpaired) electrons. The molecular weight excluding hydrogens is 283 g/mol. The van der Waals surface area contributed by atoms with Crippen LogP contribution >= 0.6 is 11.8 Å². The molecule has 1 aromatic heterocycles. The Morgan fingerprint density at radius 2 is 2.05 bits per heavy atom. The van der Waals surface area contributed by atoms with Crippen LogP contribution < -0.4 is 5.32 Å². The molecule has 0 bridgehead atoms. The normalized spacial score (nSPS) is 11.0. The molecule has 0 saturated heterocycles.